The van der Waals surface area contributed by atoms with Gasteiger partial charge in [-0.3, -0.25) is 0 Å². The number of anilines is 1. The standard InChI is InChI=1S/C17H20FNO/c1-17(2,3)13-6-4-5-7-15(13)19-11-12-8-9-16(20)14(18)10-12/h4-10,19-20H,11H2,1-3H3. The molecule has 0 unspecified atom stereocenters. The summed E-state index contributed by atoms with van der Waals surface area (Å²) in [5, 5.41) is 12.5. The number of phenolic OH excluding ortho intramolecular Hbond substituents is 1. The smallest absolute Gasteiger partial charge is 0.165 e. The Morgan fingerprint density at radius 3 is 2.45 bits per heavy atom. The average molecular weight is 273 g/mol. The van der Waals surface area contributed by atoms with E-state index >= 15 is 0 Å². The van der Waals surface area contributed by atoms with Gasteiger partial charge in [-0.15, -0.1) is 0 Å². The third-order valence-electron chi connectivity index (χ3n) is 3.23. The molecule has 0 spiro atoms. The predicted octanol–water partition coefficient (Wildman–Crippen LogP) is 4.44. The van der Waals surface area contributed by atoms with Crippen molar-refractivity contribution < 1.29 is 9.50 Å². The predicted molar refractivity (Wildman–Crippen MR) is 80.5 cm³/mol. The van der Waals surface area contributed by atoms with Gasteiger partial charge in [-0.05, 0) is 34.7 Å². The molecule has 0 atom stereocenters. The zero-order chi connectivity index (χ0) is 14.8. The normalized spacial score (nSPS) is 11.4. The van der Waals surface area contributed by atoms with Crippen molar-refractivity contribution in [2.45, 2.75) is 32.7 Å². The number of nitrogens with one attached hydrogen (secondary N) is 1. The van der Waals surface area contributed by atoms with Gasteiger partial charge < -0.3 is 10.4 Å². The molecule has 0 aliphatic heterocycles. The van der Waals surface area contributed by atoms with E-state index in [4.69, 9.17) is 0 Å². The number of phenols is 1. The Morgan fingerprint density at radius 2 is 1.80 bits per heavy atom. The van der Waals surface area contributed by atoms with Gasteiger partial charge in [-0.1, -0.05) is 45.0 Å². The van der Waals surface area contributed by atoms with Crippen LogP contribution in [0.2, 0.25) is 0 Å². The number of benzene rings is 2. The lowest BCUT2D eigenvalue weighted by atomic mass is 9.86. The van der Waals surface area contributed by atoms with Crippen molar-refractivity contribution in [3.8, 4) is 5.75 Å². The van der Waals surface area contributed by atoms with Gasteiger partial charge in [0.25, 0.3) is 0 Å². The third kappa shape index (κ3) is 3.29. The highest BCUT2D eigenvalue weighted by atomic mass is 19.1. The summed E-state index contributed by atoms with van der Waals surface area (Å²) >= 11 is 0. The second-order valence-corrected chi connectivity index (χ2v) is 5.93. The molecule has 2 aromatic carbocycles. The van der Waals surface area contributed by atoms with Crippen LogP contribution in [0.25, 0.3) is 0 Å². The van der Waals surface area contributed by atoms with E-state index in [2.05, 4.69) is 32.2 Å². The highest BCUT2D eigenvalue weighted by Gasteiger charge is 2.17. The Kier molecular flexibility index (Phi) is 3.98. The van der Waals surface area contributed by atoms with Gasteiger partial charge in [0.2, 0.25) is 0 Å². The largest absolute Gasteiger partial charge is 0.505 e. The molecular formula is C17H20FNO. The SMILES string of the molecule is CC(C)(C)c1ccccc1NCc1ccc(O)c(F)c1. The van der Waals surface area contributed by atoms with E-state index in [1.807, 2.05) is 18.2 Å². The molecule has 2 N–H and O–H groups in total. The molecule has 106 valence electrons. The van der Waals surface area contributed by atoms with Gasteiger partial charge >= 0.3 is 0 Å². The molecule has 3 heteroatoms. The van der Waals surface area contributed by atoms with Crippen molar-refractivity contribution in [1.29, 1.82) is 0 Å². The van der Waals surface area contributed by atoms with Gasteiger partial charge in [0, 0.05) is 12.2 Å². The molecule has 2 rings (SSSR count). The Morgan fingerprint density at radius 1 is 1.10 bits per heavy atom. The van der Waals surface area contributed by atoms with Gasteiger partial charge in [-0.2, -0.15) is 0 Å². The van der Waals surface area contributed by atoms with Crippen molar-refractivity contribution in [1.82, 2.24) is 0 Å². The lowest BCUT2D eigenvalue weighted by Gasteiger charge is -2.23. The van der Waals surface area contributed by atoms with Crippen molar-refractivity contribution in [3.63, 3.8) is 0 Å². The van der Waals surface area contributed by atoms with Crippen LogP contribution in [0.4, 0.5) is 10.1 Å². The minimum Gasteiger partial charge on any atom is -0.505 e. The van der Waals surface area contributed by atoms with Crippen molar-refractivity contribution >= 4 is 5.69 Å². The Labute approximate surface area is 119 Å². The van der Waals surface area contributed by atoms with Crippen LogP contribution in [0.15, 0.2) is 42.5 Å². The number of halogens is 1. The highest BCUT2D eigenvalue weighted by Crippen LogP contribution is 2.29. The first-order chi connectivity index (χ1) is 9.38. The van der Waals surface area contributed by atoms with E-state index in [0.717, 1.165) is 11.3 Å². The van der Waals surface area contributed by atoms with Gasteiger partial charge in [0.05, 0.1) is 0 Å². The summed E-state index contributed by atoms with van der Waals surface area (Å²) in [6.45, 7) is 7.00. The maximum absolute atomic E-state index is 13.3. The van der Waals surface area contributed by atoms with E-state index in [1.165, 1.54) is 17.7 Å². The van der Waals surface area contributed by atoms with E-state index in [-0.39, 0.29) is 11.2 Å². The minimum atomic E-state index is -0.589. The van der Waals surface area contributed by atoms with Crippen LogP contribution < -0.4 is 5.32 Å². The van der Waals surface area contributed by atoms with Crippen molar-refractivity contribution in [3.05, 3.63) is 59.4 Å². The number of aromatic hydroxyl groups is 1. The molecular weight excluding hydrogens is 253 g/mol. The topological polar surface area (TPSA) is 32.3 Å². The summed E-state index contributed by atoms with van der Waals surface area (Å²) in [5.41, 5.74) is 3.11. The molecule has 0 aliphatic rings. The van der Waals surface area contributed by atoms with Crippen LogP contribution in [-0.4, -0.2) is 5.11 Å². The maximum Gasteiger partial charge on any atom is 0.165 e. The number of hydrogen-bond acceptors (Lipinski definition) is 2. The summed E-state index contributed by atoms with van der Waals surface area (Å²) in [6, 6.07) is 12.6. The highest BCUT2D eigenvalue weighted by molar-refractivity contribution is 5.54. The first-order valence-corrected chi connectivity index (χ1v) is 6.69. The van der Waals surface area contributed by atoms with E-state index in [0.29, 0.717) is 6.54 Å². The quantitative estimate of drug-likeness (QED) is 0.866. The fourth-order valence-electron chi connectivity index (χ4n) is 2.15. The summed E-state index contributed by atoms with van der Waals surface area (Å²) < 4.78 is 13.3. The molecule has 0 amide bonds. The molecule has 0 heterocycles. The summed E-state index contributed by atoms with van der Waals surface area (Å²) in [5.74, 6) is -0.905. The second-order valence-electron chi connectivity index (χ2n) is 5.93. The van der Waals surface area contributed by atoms with E-state index in [9.17, 15) is 9.50 Å². The zero-order valence-corrected chi connectivity index (χ0v) is 12.1. The number of para-hydroxylation sites is 1. The van der Waals surface area contributed by atoms with Crippen LogP contribution in [0.1, 0.15) is 31.9 Å². The minimum absolute atomic E-state index is 0.0454. The molecule has 20 heavy (non-hydrogen) atoms. The third-order valence-corrected chi connectivity index (χ3v) is 3.23. The maximum atomic E-state index is 13.3. The van der Waals surface area contributed by atoms with Crippen LogP contribution >= 0.6 is 0 Å². The summed E-state index contributed by atoms with van der Waals surface area (Å²) in [6.07, 6.45) is 0. The second kappa shape index (κ2) is 5.53. The van der Waals surface area contributed by atoms with Gasteiger partial charge in [0.15, 0.2) is 11.6 Å². The molecule has 0 saturated carbocycles. The van der Waals surface area contributed by atoms with Gasteiger partial charge in [0.1, 0.15) is 0 Å². The van der Waals surface area contributed by atoms with Crippen molar-refractivity contribution in [2.75, 3.05) is 5.32 Å². The van der Waals surface area contributed by atoms with Crippen LogP contribution in [0, 0.1) is 5.82 Å². The monoisotopic (exact) mass is 273 g/mol. The van der Waals surface area contributed by atoms with E-state index in [1.54, 1.807) is 6.07 Å². The van der Waals surface area contributed by atoms with Crippen LogP contribution in [0.5, 0.6) is 5.75 Å². The molecule has 0 fully saturated rings. The lowest BCUT2D eigenvalue weighted by molar-refractivity contribution is 0.432. The first kappa shape index (κ1) is 14.4. The molecule has 0 aromatic heterocycles. The average Bonchev–Trinajstić information content (AvgIpc) is 2.39. The summed E-state index contributed by atoms with van der Waals surface area (Å²) in [7, 11) is 0. The Balaban J connectivity index is 2.17. The zero-order valence-electron chi connectivity index (χ0n) is 12.1. The molecule has 0 aliphatic carbocycles. The van der Waals surface area contributed by atoms with Crippen LogP contribution in [0.3, 0.4) is 0 Å². The number of rotatable bonds is 3. The molecule has 2 aromatic rings. The fourth-order valence-corrected chi connectivity index (χ4v) is 2.15. The fraction of sp³-hybridized carbons (Fsp3) is 0.294. The molecule has 0 saturated heterocycles. The molecule has 0 radical (unpaired) electrons. The molecule has 2 nitrogen and oxygen atoms in total. The Hall–Kier alpha value is -2.03. The van der Waals surface area contributed by atoms with E-state index < -0.39 is 5.82 Å². The Bertz CT molecular complexity index is 602. The first-order valence-electron chi connectivity index (χ1n) is 6.69. The van der Waals surface area contributed by atoms with Crippen molar-refractivity contribution in [2.24, 2.45) is 0 Å². The number of hydrogen-bond donors (Lipinski definition) is 2. The van der Waals surface area contributed by atoms with Crippen LogP contribution in [-0.2, 0) is 12.0 Å². The lowest BCUT2D eigenvalue weighted by Crippen LogP contribution is -2.14. The molecule has 0 bridgehead atoms. The summed E-state index contributed by atoms with van der Waals surface area (Å²) in [4.78, 5) is 0. The van der Waals surface area contributed by atoms with Gasteiger partial charge in [-0.25, -0.2) is 4.39 Å².